The number of H-pyrrole nitrogens is 1. The Morgan fingerprint density at radius 1 is 1.07 bits per heavy atom. The molecule has 0 saturated carbocycles. The lowest BCUT2D eigenvalue weighted by atomic mass is 10.0. The van der Waals surface area contributed by atoms with E-state index < -0.39 is 11.7 Å². The zero-order chi connectivity index (χ0) is 19.5. The Hall–Kier alpha value is -3.67. The maximum Gasteiger partial charge on any atom is 0.256 e. The summed E-state index contributed by atoms with van der Waals surface area (Å²) in [6.07, 6.45) is 0. The number of aromatic nitrogens is 2. The normalized spacial score (nSPS) is 10.8. The first-order valence-electron chi connectivity index (χ1n) is 8.92. The number of halogens is 1. The van der Waals surface area contributed by atoms with E-state index in [-0.39, 0.29) is 5.56 Å². The summed E-state index contributed by atoms with van der Waals surface area (Å²) in [7, 11) is 0. The van der Waals surface area contributed by atoms with Crippen LogP contribution in [0.5, 0.6) is 5.75 Å². The van der Waals surface area contributed by atoms with Crippen molar-refractivity contribution in [1.82, 2.24) is 10.2 Å². The molecule has 0 atom stereocenters. The van der Waals surface area contributed by atoms with E-state index in [9.17, 15) is 9.18 Å². The number of anilines is 1. The molecule has 0 radical (unpaired) electrons. The summed E-state index contributed by atoms with van der Waals surface area (Å²) in [6.45, 7) is 2.56. The van der Waals surface area contributed by atoms with E-state index in [4.69, 9.17) is 4.74 Å². The van der Waals surface area contributed by atoms with Crippen LogP contribution in [0, 0.1) is 5.82 Å². The highest BCUT2D eigenvalue weighted by molar-refractivity contribution is 6.08. The standard InChI is InChI=1S/C22H18FN3O2/c1-2-28-18-8-4-5-14(12-18)15-9-10-19-20(13-15)25-26-21(19)24-22(27)16-6-3-7-17(23)11-16/h3-13H,2H2,1H3,(H2,24,25,26,27). The Bertz CT molecular complexity index is 1150. The van der Waals surface area contributed by atoms with E-state index >= 15 is 0 Å². The lowest BCUT2D eigenvalue weighted by Crippen LogP contribution is -2.12. The van der Waals surface area contributed by atoms with Gasteiger partial charge in [-0.15, -0.1) is 0 Å². The van der Waals surface area contributed by atoms with Crippen LogP contribution in [0.2, 0.25) is 0 Å². The van der Waals surface area contributed by atoms with Gasteiger partial charge < -0.3 is 10.1 Å². The molecule has 0 aliphatic carbocycles. The number of hydrogen-bond donors (Lipinski definition) is 2. The Morgan fingerprint density at radius 3 is 2.71 bits per heavy atom. The SMILES string of the molecule is CCOc1cccc(-c2ccc3c(NC(=O)c4cccc(F)c4)n[nH]c3c2)c1. The summed E-state index contributed by atoms with van der Waals surface area (Å²) in [6, 6.07) is 19.2. The van der Waals surface area contributed by atoms with Crippen molar-refractivity contribution in [2.75, 3.05) is 11.9 Å². The number of amides is 1. The van der Waals surface area contributed by atoms with Crippen LogP contribution in [0.25, 0.3) is 22.0 Å². The average Bonchev–Trinajstić information content (AvgIpc) is 3.10. The van der Waals surface area contributed by atoms with Crippen molar-refractivity contribution >= 4 is 22.6 Å². The smallest absolute Gasteiger partial charge is 0.256 e. The van der Waals surface area contributed by atoms with Crippen molar-refractivity contribution in [1.29, 1.82) is 0 Å². The third kappa shape index (κ3) is 3.57. The molecule has 0 saturated heterocycles. The Morgan fingerprint density at radius 2 is 1.89 bits per heavy atom. The van der Waals surface area contributed by atoms with Crippen LogP contribution in [0.1, 0.15) is 17.3 Å². The van der Waals surface area contributed by atoms with Gasteiger partial charge in [0.25, 0.3) is 5.91 Å². The van der Waals surface area contributed by atoms with Gasteiger partial charge in [-0.2, -0.15) is 5.10 Å². The molecule has 1 heterocycles. The van der Waals surface area contributed by atoms with Crippen LogP contribution in [0.4, 0.5) is 10.2 Å². The quantitative estimate of drug-likeness (QED) is 0.515. The summed E-state index contributed by atoms with van der Waals surface area (Å²) in [4.78, 5) is 12.3. The van der Waals surface area contributed by atoms with Gasteiger partial charge >= 0.3 is 0 Å². The van der Waals surface area contributed by atoms with Crippen LogP contribution in [0.3, 0.4) is 0 Å². The van der Waals surface area contributed by atoms with Crippen molar-refractivity contribution in [3.05, 3.63) is 78.1 Å². The number of fused-ring (bicyclic) bond motifs is 1. The van der Waals surface area contributed by atoms with Gasteiger partial charge in [-0.05, 0) is 60.5 Å². The Balaban J connectivity index is 1.61. The molecule has 0 aliphatic rings. The monoisotopic (exact) mass is 375 g/mol. The number of nitrogens with zero attached hydrogens (tertiary/aromatic N) is 1. The number of carbonyl (C=O) groups excluding carboxylic acids is 1. The molecule has 0 fully saturated rings. The molecular weight excluding hydrogens is 357 g/mol. The summed E-state index contributed by atoms with van der Waals surface area (Å²) in [5.41, 5.74) is 3.04. The third-order valence-corrected chi connectivity index (χ3v) is 4.36. The van der Waals surface area contributed by atoms with Gasteiger partial charge in [0.15, 0.2) is 5.82 Å². The number of benzene rings is 3. The fraction of sp³-hybridized carbons (Fsp3) is 0.0909. The molecule has 3 aromatic carbocycles. The number of carbonyl (C=O) groups is 1. The second kappa shape index (κ2) is 7.52. The van der Waals surface area contributed by atoms with Gasteiger partial charge in [0.05, 0.1) is 12.1 Å². The zero-order valence-corrected chi connectivity index (χ0v) is 15.2. The van der Waals surface area contributed by atoms with E-state index in [0.29, 0.717) is 12.4 Å². The van der Waals surface area contributed by atoms with Crippen LogP contribution in [-0.2, 0) is 0 Å². The minimum Gasteiger partial charge on any atom is -0.494 e. The molecule has 5 nitrogen and oxygen atoms in total. The highest BCUT2D eigenvalue weighted by Gasteiger charge is 2.12. The molecule has 28 heavy (non-hydrogen) atoms. The third-order valence-electron chi connectivity index (χ3n) is 4.36. The number of hydrogen-bond acceptors (Lipinski definition) is 3. The predicted molar refractivity (Wildman–Crippen MR) is 107 cm³/mol. The maximum atomic E-state index is 13.3. The Kier molecular flexibility index (Phi) is 4.76. The number of nitrogens with one attached hydrogen (secondary N) is 2. The maximum absolute atomic E-state index is 13.3. The summed E-state index contributed by atoms with van der Waals surface area (Å²) < 4.78 is 18.9. The highest BCUT2D eigenvalue weighted by atomic mass is 19.1. The molecule has 1 amide bonds. The second-order valence-corrected chi connectivity index (χ2v) is 6.26. The molecule has 0 bridgehead atoms. The Labute approximate surface area is 161 Å². The molecule has 6 heteroatoms. The van der Waals surface area contributed by atoms with E-state index in [1.54, 1.807) is 6.07 Å². The van der Waals surface area contributed by atoms with Crippen molar-refractivity contribution in [3.8, 4) is 16.9 Å². The van der Waals surface area contributed by atoms with Crippen molar-refractivity contribution in [2.24, 2.45) is 0 Å². The molecule has 2 N–H and O–H groups in total. The fourth-order valence-corrected chi connectivity index (χ4v) is 3.04. The minimum absolute atomic E-state index is 0.237. The van der Waals surface area contributed by atoms with Crippen LogP contribution in [0.15, 0.2) is 66.7 Å². The van der Waals surface area contributed by atoms with Crippen LogP contribution < -0.4 is 10.1 Å². The van der Waals surface area contributed by atoms with Gasteiger partial charge in [-0.3, -0.25) is 9.89 Å². The highest BCUT2D eigenvalue weighted by Crippen LogP contribution is 2.29. The largest absolute Gasteiger partial charge is 0.494 e. The molecule has 4 aromatic rings. The summed E-state index contributed by atoms with van der Waals surface area (Å²) in [5, 5.41) is 10.6. The van der Waals surface area contributed by atoms with Crippen molar-refractivity contribution in [2.45, 2.75) is 6.92 Å². The van der Waals surface area contributed by atoms with E-state index in [1.807, 2.05) is 49.4 Å². The number of rotatable bonds is 5. The summed E-state index contributed by atoms with van der Waals surface area (Å²) in [5.74, 6) is 0.339. The molecule has 0 spiro atoms. The lowest BCUT2D eigenvalue weighted by Gasteiger charge is -2.07. The van der Waals surface area contributed by atoms with Gasteiger partial charge in [0.1, 0.15) is 11.6 Å². The first-order chi connectivity index (χ1) is 13.6. The van der Waals surface area contributed by atoms with Gasteiger partial charge in [-0.25, -0.2) is 4.39 Å². The second-order valence-electron chi connectivity index (χ2n) is 6.26. The predicted octanol–water partition coefficient (Wildman–Crippen LogP) is 5.02. The fourth-order valence-electron chi connectivity index (χ4n) is 3.04. The topological polar surface area (TPSA) is 67.0 Å². The van der Waals surface area contributed by atoms with E-state index in [0.717, 1.165) is 27.8 Å². The molecule has 1 aromatic heterocycles. The molecule has 4 rings (SSSR count). The van der Waals surface area contributed by atoms with E-state index in [2.05, 4.69) is 15.5 Å². The van der Waals surface area contributed by atoms with Gasteiger partial charge in [0, 0.05) is 10.9 Å². The first kappa shape index (κ1) is 17.7. The summed E-state index contributed by atoms with van der Waals surface area (Å²) >= 11 is 0. The lowest BCUT2D eigenvalue weighted by molar-refractivity contribution is 0.102. The average molecular weight is 375 g/mol. The van der Waals surface area contributed by atoms with Gasteiger partial charge in [0.2, 0.25) is 0 Å². The number of aromatic amines is 1. The molecule has 140 valence electrons. The first-order valence-corrected chi connectivity index (χ1v) is 8.92. The van der Waals surface area contributed by atoms with Crippen LogP contribution in [-0.4, -0.2) is 22.7 Å². The van der Waals surface area contributed by atoms with Crippen molar-refractivity contribution < 1.29 is 13.9 Å². The number of ether oxygens (including phenoxy) is 1. The molecule has 0 aliphatic heterocycles. The van der Waals surface area contributed by atoms with Crippen LogP contribution >= 0.6 is 0 Å². The zero-order valence-electron chi connectivity index (χ0n) is 15.2. The van der Waals surface area contributed by atoms with Gasteiger partial charge in [-0.1, -0.05) is 24.3 Å². The van der Waals surface area contributed by atoms with E-state index in [1.165, 1.54) is 18.2 Å². The minimum atomic E-state index is -0.460. The van der Waals surface area contributed by atoms with Crippen molar-refractivity contribution in [3.63, 3.8) is 0 Å². The molecule has 0 unspecified atom stereocenters. The molecular formula is C22H18FN3O2.